The summed E-state index contributed by atoms with van der Waals surface area (Å²) >= 11 is 0. The van der Waals surface area contributed by atoms with Crippen LogP contribution in [0.25, 0.3) is 6.08 Å². The third-order valence-electron chi connectivity index (χ3n) is 1.36. The van der Waals surface area contributed by atoms with E-state index in [-0.39, 0.29) is 7.92 Å². The van der Waals surface area contributed by atoms with Crippen molar-refractivity contribution in [3.8, 4) is 0 Å². The molecule has 0 saturated carbocycles. The molecule has 1 rings (SSSR count). The normalized spacial score (nSPS) is 11.2. The molecule has 58 valence electrons. The summed E-state index contributed by atoms with van der Waals surface area (Å²) in [4.78, 5) is 0. The molecule has 0 radical (unpaired) electrons. The zero-order valence-electron chi connectivity index (χ0n) is 6.99. The summed E-state index contributed by atoms with van der Waals surface area (Å²) in [6.45, 7) is 4.49. The standard InChI is InChI=1S/C10H13P/c1-11(2)9-8-10-6-4-3-5-7-10/h3-9H,1-2H3/b9-8+. The molecule has 0 aliphatic carbocycles. The van der Waals surface area contributed by atoms with Gasteiger partial charge in [0.15, 0.2) is 0 Å². The molecule has 1 heteroatoms. The third kappa shape index (κ3) is 3.34. The molecule has 0 spiro atoms. The van der Waals surface area contributed by atoms with Gasteiger partial charge < -0.3 is 0 Å². The SMILES string of the molecule is CP(C)/C=C/c1ccccc1. The lowest BCUT2D eigenvalue weighted by molar-refractivity contribution is 1.66. The van der Waals surface area contributed by atoms with Crippen molar-refractivity contribution in [2.75, 3.05) is 13.3 Å². The summed E-state index contributed by atoms with van der Waals surface area (Å²) in [5, 5.41) is 0. The smallest absolute Gasteiger partial charge is 0.0256 e. The topological polar surface area (TPSA) is 0 Å². The van der Waals surface area contributed by atoms with Gasteiger partial charge in [-0.25, -0.2) is 0 Å². The monoisotopic (exact) mass is 164 g/mol. The van der Waals surface area contributed by atoms with Gasteiger partial charge in [-0.3, -0.25) is 0 Å². The molecule has 0 aliphatic rings. The Labute approximate surface area is 69.7 Å². The minimum atomic E-state index is 0.0953. The minimum absolute atomic E-state index is 0.0953. The van der Waals surface area contributed by atoms with Crippen LogP contribution in [-0.4, -0.2) is 13.3 Å². The first kappa shape index (κ1) is 8.49. The number of hydrogen-bond donors (Lipinski definition) is 0. The highest BCUT2D eigenvalue weighted by Crippen LogP contribution is 2.26. The van der Waals surface area contributed by atoms with Gasteiger partial charge in [-0.1, -0.05) is 50.1 Å². The molecule has 0 fully saturated rings. The van der Waals surface area contributed by atoms with Crippen LogP contribution in [-0.2, 0) is 0 Å². The fourth-order valence-corrected chi connectivity index (χ4v) is 1.27. The molecule has 0 aliphatic heterocycles. The van der Waals surface area contributed by atoms with Crippen LogP contribution in [0, 0.1) is 0 Å². The molecule has 0 bridgehead atoms. The van der Waals surface area contributed by atoms with Crippen LogP contribution >= 0.6 is 7.92 Å². The maximum Gasteiger partial charge on any atom is -0.0256 e. The molecule has 0 amide bonds. The minimum Gasteiger partial charge on any atom is -0.0896 e. The third-order valence-corrected chi connectivity index (χ3v) is 2.11. The largest absolute Gasteiger partial charge is 0.0896 e. The molecular weight excluding hydrogens is 151 g/mol. The van der Waals surface area contributed by atoms with Crippen LogP contribution in [0.3, 0.4) is 0 Å². The molecule has 0 unspecified atom stereocenters. The van der Waals surface area contributed by atoms with Gasteiger partial charge >= 0.3 is 0 Å². The van der Waals surface area contributed by atoms with Crippen LogP contribution in [0.2, 0.25) is 0 Å². The van der Waals surface area contributed by atoms with E-state index in [9.17, 15) is 0 Å². The van der Waals surface area contributed by atoms with Crippen LogP contribution < -0.4 is 0 Å². The van der Waals surface area contributed by atoms with Gasteiger partial charge in [-0.05, 0) is 18.9 Å². The Bertz CT molecular complexity index is 224. The van der Waals surface area contributed by atoms with Gasteiger partial charge in [-0.15, -0.1) is 0 Å². The van der Waals surface area contributed by atoms with E-state index >= 15 is 0 Å². The first-order chi connectivity index (χ1) is 5.29. The first-order valence-electron chi connectivity index (χ1n) is 3.69. The summed E-state index contributed by atoms with van der Waals surface area (Å²) < 4.78 is 0. The average molecular weight is 164 g/mol. The van der Waals surface area contributed by atoms with Crippen molar-refractivity contribution in [2.45, 2.75) is 0 Å². The Kier molecular flexibility index (Phi) is 3.32. The Morgan fingerprint density at radius 3 is 2.27 bits per heavy atom. The summed E-state index contributed by atoms with van der Waals surface area (Å²) in [6.07, 6.45) is 2.19. The van der Waals surface area contributed by atoms with Crippen molar-refractivity contribution in [3.63, 3.8) is 0 Å². The van der Waals surface area contributed by atoms with Crippen molar-refractivity contribution in [1.29, 1.82) is 0 Å². The lowest BCUT2D eigenvalue weighted by Crippen LogP contribution is -1.67. The fraction of sp³-hybridized carbons (Fsp3) is 0.200. The van der Waals surface area contributed by atoms with E-state index in [2.05, 4.69) is 49.5 Å². The van der Waals surface area contributed by atoms with Crippen LogP contribution in [0.4, 0.5) is 0 Å². The van der Waals surface area contributed by atoms with Crippen LogP contribution in [0.15, 0.2) is 36.1 Å². The molecule has 1 aromatic rings. The molecule has 0 atom stereocenters. The summed E-state index contributed by atoms with van der Waals surface area (Å²) in [6, 6.07) is 10.4. The second-order valence-electron chi connectivity index (χ2n) is 2.69. The van der Waals surface area contributed by atoms with Crippen molar-refractivity contribution in [1.82, 2.24) is 0 Å². The number of benzene rings is 1. The van der Waals surface area contributed by atoms with E-state index in [1.165, 1.54) is 5.56 Å². The second kappa shape index (κ2) is 4.31. The Morgan fingerprint density at radius 1 is 1.09 bits per heavy atom. The first-order valence-corrected chi connectivity index (χ1v) is 5.99. The molecule has 0 heterocycles. The molecule has 1 aromatic carbocycles. The van der Waals surface area contributed by atoms with Gasteiger partial charge in [0.25, 0.3) is 0 Å². The summed E-state index contributed by atoms with van der Waals surface area (Å²) in [7, 11) is 0.0953. The molecular formula is C10H13P. The van der Waals surface area contributed by atoms with E-state index in [0.29, 0.717) is 0 Å². The molecule has 0 nitrogen and oxygen atoms in total. The van der Waals surface area contributed by atoms with E-state index in [4.69, 9.17) is 0 Å². The van der Waals surface area contributed by atoms with E-state index in [1.54, 1.807) is 0 Å². The Balaban J connectivity index is 2.65. The fourth-order valence-electron chi connectivity index (χ4n) is 0.799. The van der Waals surface area contributed by atoms with Crippen LogP contribution in [0.5, 0.6) is 0 Å². The second-order valence-corrected chi connectivity index (χ2v) is 4.92. The summed E-state index contributed by atoms with van der Waals surface area (Å²) in [5.41, 5.74) is 1.30. The van der Waals surface area contributed by atoms with Gasteiger partial charge in [0.2, 0.25) is 0 Å². The van der Waals surface area contributed by atoms with Crippen molar-refractivity contribution in [2.24, 2.45) is 0 Å². The highest BCUT2D eigenvalue weighted by molar-refractivity contribution is 7.59. The van der Waals surface area contributed by atoms with Crippen molar-refractivity contribution < 1.29 is 0 Å². The van der Waals surface area contributed by atoms with Gasteiger partial charge in [0.1, 0.15) is 0 Å². The molecule has 11 heavy (non-hydrogen) atoms. The number of hydrogen-bond acceptors (Lipinski definition) is 0. The lowest BCUT2D eigenvalue weighted by Gasteiger charge is -1.94. The van der Waals surface area contributed by atoms with Gasteiger partial charge in [0, 0.05) is 0 Å². The lowest BCUT2D eigenvalue weighted by atomic mass is 10.2. The maximum absolute atomic E-state index is 2.27. The zero-order chi connectivity index (χ0) is 8.10. The van der Waals surface area contributed by atoms with Crippen molar-refractivity contribution in [3.05, 3.63) is 41.7 Å². The molecule has 0 aromatic heterocycles. The average Bonchev–Trinajstić information content (AvgIpc) is 2.03. The zero-order valence-corrected chi connectivity index (χ0v) is 7.88. The van der Waals surface area contributed by atoms with Crippen molar-refractivity contribution >= 4 is 14.0 Å². The molecule has 0 saturated heterocycles. The van der Waals surface area contributed by atoms with E-state index in [1.807, 2.05) is 6.07 Å². The van der Waals surface area contributed by atoms with Gasteiger partial charge in [-0.2, -0.15) is 0 Å². The predicted octanol–water partition coefficient (Wildman–Crippen LogP) is 3.40. The highest BCUT2D eigenvalue weighted by atomic mass is 31.1. The highest BCUT2D eigenvalue weighted by Gasteiger charge is 1.84. The number of rotatable bonds is 2. The maximum atomic E-state index is 2.27. The van der Waals surface area contributed by atoms with Gasteiger partial charge in [0.05, 0.1) is 0 Å². The molecule has 0 N–H and O–H groups in total. The summed E-state index contributed by atoms with van der Waals surface area (Å²) in [5.74, 6) is 2.27. The Hall–Kier alpha value is -0.610. The Morgan fingerprint density at radius 2 is 1.73 bits per heavy atom. The predicted molar refractivity (Wildman–Crippen MR) is 54.2 cm³/mol. The van der Waals surface area contributed by atoms with E-state index < -0.39 is 0 Å². The quantitative estimate of drug-likeness (QED) is 0.587. The van der Waals surface area contributed by atoms with E-state index in [0.717, 1.165) is 0 Å². The van der Waals surface area contributed by atoms with Crippen LogP contribution in [0.1, 0.15) is 5.56 Å².